The van der Waals surface area contributed by atoms with Gasteiger partial charge in [0.05, 0.1) is 4.90 Å². The zero-order valence-electron chi connectivity index (χ0n) is 17.7. The fraction of sp³-hybridized carbons (Fsp3) is 0.600. The Hall–Kier alpha value is -1.93. The third-order valence-corrected chi connectivity index (χ3v) is 5.60. The van der Waals surface area contributed by atoms with Gasteiger partial charge in [-0.05, 0) is 64.3 Å². The van der Waals surface area contributed by atoms with E-state index in [0.29, 0.717) is 13.0 Å². The number of benzene rings is 1. The van der Waals surface area contributed by atoms with Crippen molar-refractivity contribution < 1.29 is 22.7 Å². The highest BCUT2D eigenvalue weighted by molar-refractivity contribution is 7.89. The number of nitrogens with one attached hydrogen (secondary N) is 1. The predicted molar refractivity (Wildman–Crippen MR) is 108 cm³/mol. The van der Waals surface area contributed by atoms with E-state index >= 15 is 0 Å². The molecule has 7 nitrogen and oxygen atoms in total. The average molecular weight is 413 g/mol. The van der Waals surface area contributed by atoms with Gasteiger partial charge >= 0.3 is 5.97 Å². The Morgan fingerprint density at radius 1 is 1.11 bits per heavy atom. The van der Waals surface area contributed by atoms with E-state index in [2.05, 4.69) is 4.72 Å². The Morgan fingerprint density at radius 3 is 2.32 bits per heavy atom. The molecule has 1 amide bonds. The highest BCUT2D eigenvalue weighted by Gasteiger charge is 2.18. The first-order valence-electron chi connectivity index (χ1n) is 9.34. The molecule has 0 atom stereocenters. The molecule has 0 fully saturated rings. The zero-order valence-corrected chi connectivity index (χ0v) is 18.5. The van der Waals surface area contributed by atoms with Gasteiger partial charge in [0.25, 0.3) is 0 Å². The maximum Gasteiger partial charge on any atom is 0.306 e. The van der Waals surface area contributed by atoms with E-state index in [0.717, 1.165) is 11.1 Å². The van der Waals surface area contributed by atoms with Crippen LogP contribution >= 0.6 is 0 Å². The van der Waals surface area contributed by atoms with E-state index in [4.69, 9.17) is 4.74 Å². The van der Waals surface area contributed by atoms with Crippen LogP contribution < -0.4 is 4.72 Å². The standard InChI is InChI=1S/C20H32N2O5S/c1-15-9-10-17(14-16(15)2)28(25,26)21-12-11-18(23)22(6)13-7-8-19(24)27-20(3,4)5/h9-10,14,21H,7-8,11-13H2,1-6H3. The second-order valence-corrected chi connectivity index (χ2v) is 9.67. The molecule has 1 N–H and O–H groups in total. The van der Waals surface area contributed by atoms with Crippen LogP contribution in [-0.2, 0) is 24.3 Å². The van der Waals surface area contributed by atoms with E-state index in [-0.39, 0.29) is 36.2 Å². The molecule has 28 heavy (non-hydrogen) atoms. The molecule has 1 aromatic rings. The molecular formula is C20H32N2O5S. The number of esters is 1. The van der Waals surface area contributed by atoms with Crippen molar-refractivity contribution in [3.63, 3.8) is 0 Å². The van der Waals surface area contributed by atoms with Crippen LogP contribution in [0, 0.1) is 13.8 Å². The number of amides is 1. The van der Waals surface area contributed by atoms with Crippen molar-refractivity contribution in [2.75, 3.05) is 20.1 Å². The van der Waals surface area contributed by atoms with Gasteiger partial charge in [-0.15, -0.1) is 0 Å². The minimum Gasteiger partial charge on any atom is -0.460 e. The molecule has 0 radical (unpaired) electrons. The fourth-order valence-corrected chi connectivity index (χ4v) is 3.54. The Kier molecular flexibility index (Phi) is 8.63. The number of sulfonamides is 1. The van der Waals surface area contributed by atoms with E-state index in [9.17, 15) is 18.0 Å². The SMILES string of the molecule is Cc1ccc(S(=O)(=O)NCCC(=O)N(C)CCCC(=O)OC(C)(C)C)cc1C. The van der Waals surface area contributed by atoms with E-state index in [1.54, 1.807) is 46.0 Å². The molecule has 0 spiro atoms. The third kappa shape index (κ3) is 8.39. The van der Waals surface area contributed by atoms with Crippen molar-refractivity contribution >= 4 is 21.9 Å². The van der Waals surface area contributed by atoms with Gasteiger partial charge in [-0.1, -0.05) is 6.07 Å². The maximum atomic E-state index is 12.3. The molecule has 0 bridgehead atoms. The van der Waals surface area contributed by atoms with Crippen LogP contribution in [-0.4, -0.2) is 50.9 Å². The summed E-state index contributed by atoms with van der Waals surface area (Å²) in [4.78, 5) is 25.5. The lowest BCUT2D eigenvalue weighted by molar-refractivity contribution is -0.155. The summed E-state index contributed by atoms with van der Waals surface area (Å²) in [6, 6.07) is 4.92. The summed E-state index contributed by atoms with van der Waals surface area (Å²) < 4.78 is 32.3. The molecular weight excluding hydrogens is 380 g/mol. The lowest BCUT2D eigenvalue weighted by Crippen LogP contribution is -2.33. The second kappa shape index (κ2) is 10.0. The number of hydrogen-bond acceptors (Lipinski definition) is 5. The van der Waals surface area contributed by atoms with Gasteiger partial charge in [0.1, 0.15) is 5.60 Å². The van der Waals surface area contributed by atoms with Gasteiger partial charge in [0.2, 0.25) is 15.9 Å². The molecule has 1 rings (SSSR count). The van der Waals surface area contributed by atoms with Crippen molar-refractivity contribution in [1.82, 2.24) is 9.62 Å². The molecule has 0 saturated carbocycles. The maximum absolute atomic E-state index is 12.3. The fourth-order valence-electron chi connectivity index (χ4n) is 2.43. The van der Waals surface area contributed by atoms with Gasteiger partial charge < -0.3 is 9.64 Å². The van der Waals surface area contributed by atoms with Crippen LogP contribution in [0.25, 0.3) is 0 Å². The van der Waals surface area contributed by atoms with Gasteiger partial charge in [-0.2, -0.15) is 0 Å². The van der Waals surface area contributed by atoms with E-state index < -0.39 is 15.6 Å². The number of nitrogens with zero attached hydrogens (tertiary/aromatic N) is 1. The zero-order chi connectivity index (χ0) is 21.5. The Morgan fingerprint density at radius 2 is 1.75 bits per heavy atom. The minimum absolute atomic E-state index is 0.0183. The molecule has 0 aliphatic rings. The number of ether oxygens (including phenoxy) is 1. The molecule has 0 aliphatic carbocycles. The highest BCUT2D eigenvalue weighted by Crippen LogP contribution is 2.14. The molecule has 0 unspecified atom stereocenters. The summed E-state index contributed by atoms with van der Waals surface area (Å²) >= 11 is 0. The third-order valence-electron chi connectivity index (χ3n) is 4.14. The van der Waals surface area contributed by atoms with Crippen molar-refractivity contribution in [2.24, 2.45) is 0 Å². The predicted octanol–water partition coefficient (Wildman–Crippen LogP) is 2.55. The highest BCUT2D eigenvalue weighted by atomic mass is 32.2. The average Bonchev–Trinajstić information content (AvgIpc) is 2.55. The number of carbonyl (C=O) groups excluding carboxylic acids is 2. The van der Waals surface area contributed by atoms with Crippen LogP contribution in [0.2, 0.25) is 0 Å². The first-order valence-corrected chi connectivity index (χ1v) is 10.8. The molecule has 8 heteroatoms. The number of carbonyl (C=O) groups is 2. The Balaban J connectivity index is 2.40. The van der Waals surface area contributed by atoms with Crippen LogP contribution in [0.15, 0.2) is 23.1 Å². The number of rotatable bonds is 9. The topological polar surface area (TPSA) is 92.8 Å². The normalized spacial score (nSPS) is 11.9. The van der Waals surface area contributed by atoms with Crippen molar-refractivity contribution in [1.29, 1.82) is 0 Å². The largest absolute Gasteiger partial charge is 0.460 e. The monoisotopic (exact) mass is 412 g/mol. The van der Waals surface area contributed by atoms with Crippen molar-refractivity contribution in [3.8, 4) is 0 Å². The molecule has 0 heterocycles. The van der Waals surface area contributed by atoms with Crippen LogP contribution in [0.4, 0.5) is 0 Å². The smallest absolute Gasteiger partial charge is 0.306 e. The summed E-state index contributed by atoms with van der Waals surface area (Å²) in [5.74, 6) is -0.485. The van der Waals surface area contributed by atoms with Gasteiger partial charge in [-0.25, -0.2) is 13.1 Å². The van der Waals surface area contributed by atoms with Crippen molar-refractivity contribution in [2.45, 2.75) is 64.4 Å². The summed E-state index contributed by atoms with van der Waals surface area (Å²) in [5, 5.41) is 0. The Bertz CT molecular complexity index is 797. The van der Waals surface area contributed by atoms with E-state index in [1.807, 2.05) is 13.8 Å². The van der Waals surface area contributed by atoms with Gasteiger partial charge in [0.15, 0.2) is 0 Å². The molecule has 0 aliphatic heterocycles. The molecule has 1 aromatic carbocycles. The van der Waals surface area contributed by atoms with Gasteiger partial charge in [0, 0.05) is 33.0 Å². The Labute approximate surface area is 168 Å². The van der Waals surface area contributed by atoms with Crippen molar-refractivity contribution in [3.05, 3.63) is 29.3 Å². The molecule has 0 aromatic heterocycles. The summed E-state index contributed by atoms with van der Waals surface area (Å²) in [5.41, 5.74) is 1.39. The summed E-state index contributed by atoms with van der Waals surface area (Å²) in [6.45, 7) is 9.60. The first-order chi connectivity index (χ1) is 12.8. The van der Waals surface area contributed by atoms with Crippen LogP contribution in [0.1, 0.15) is 51.2 Å². The molecule has 0 saturated heterocycles. The lowest BCUT2D eigenvalue weighted by atomic mass is 10.1. The quantitative estimate of drug-likeness (QED) is 0.629. The number of aryl methyl sites for hydroxylation is 2. The lowest BCUT2D eigenvalue weighted by Gasteiger charge is -2.20. The second-order valence-electron chi connectivity index (χ2n) is 7.90. The van der Waals surface area contributed by atoms with Gasteiger partial charge in [-0.3, -0.25) is 9.59 Å². The van der Waals surface area contributed by atoms with Crippen LogP contribution in [0.3, 0.4) is 0 Å². The number of hydrogen-bond donors (Lipinski definition) is 1. The summed E-state index contributed by atoms with van der Waals surface area (Å²) in [7, 11) is -2.01. The minimum atomic E-state index is -3.65. The summed E-state index contributed by atoms with van der Waals surface area (Å²) in [6.07, 6.45) is 0.771. The van der Waals surface area contributed by atoms with Crippen LogP contribution in [0.5, 0.6) is 0 Å². The first kappa shape index (κ1) is 24.1. The van der Waals surface area contributed by atoms with E-state index in [1.165, 1.54) is 4.90 Å². The molecule has 158 valence electrons.